The zero-order valence-electron chi connectivity index (χ0n) is 14.3. The number of aliphatic imine (C=N–C) groups is 1. The van der Waals surface area contributed by atoms with E-state index in [9.17, 15) is 13.2 Å². The van der Waals surface area contributed by atoms with Crippen molar-refractivity contribution in [1.29, 1.82) is 0 Å². The lowest BCUT2D eigenvalue weighted by molar-refractivity contribution is 0.0668. The molecule has 1 aliphatic rings. The Balaban J connectivity index is 0.00000243. The Morgan fingerprint density at radius 1 is 1.35 bits per heavy atom. The predicted molar refractivity (Wildman–Crippen MR) is 104 cm³/mol. The Kier molecular flexibility index (Phi) is 6.90. The number of aromatic nitrogens is 2. The van der Waals surface area contributed by atoms with Gasteiger partial charge in [0.1, 0.15) is 11.6 Å². The van der Waals surface area contributed by atoms with Gasteiger partial charge in [0, 0.05) is 31.4 Å². The minimum absolute atomic E-state index is 0. The average Bonchev–Trinajstić information content (AvgIpc) is 3.24. The van der Waals surface area contributed by atoms with E-state index in [1.807, 2.05) is 6.07 Å². The third-order valence-corrected chi connectivity index (χ3v) is 4.48. The number of guanidine groups is 1. The second-order valence-electron chi connectivity index (χ2n) is 6.10. The van der Waals surface area contributed by atoms with Crippen LogP contribution in [0.4, 0.5) is 13.2 Å². The van der Waals surface area contributed by atoms with Gasteiger partial charge in [0.25, 0.3) is 0 Å². The molecule has 26 heavy (non-hydrogen) atoms. The molecule has 1 aromatic carbocycles. The van der Waals surface area contributed by atoms with Crippen LogP contribution < -0.4 is 10.6 Å². The van der Waals surface area contributed by atoms with Crippen LogP contribution in [-0.4, -0.2) is 29.1 Å². The van der Waals surface area contributed by atoms with Gasteiger partial charge >= 0.3 is 6.55 Å². The Hall–Kier alpha value is -1.78. The monoisotopic (exact) mass is 479 g/mol. The van der Waals surface area contributed by atoms with Gasteiger partial charge in [-0.05, 0) is 30.5 Å². The third kappa shape index (κ3) is 4.68. The van der Waals surface area contributed by atoms with Crippen LogP contribution in [0.15, 0.2) is 41.7 Å². The van der Waals surface area contributed by atoms with Crippen molar-refractivity contribution in [1.82, 2.24) is 20.2 Å². The maximum absolute atomic E-state index is 13.4. The molecule has 3 rings (SSSR count). The molecule has 1 heterocycles. The summed E-state index contributed by atoms with van der Waals surface area (Å²) in [5.41, 5.74) is 0.866. The molecule has 0 atom stereocenters. The Morgan fingerprint density at radius 2 is 2.12 bits per heavy atom. The topological polar surface area (TPSA) is 54.2 Å². The molecule has 0 saturated heterocycles. The lowest BCUT2D eigenvalue weighted by Crippen LogP contribution is -2.41. The van der Waals surface area contributed by atoms with Crippen LogP contribution in [0.3, 0.4) is 0 Å². The summed E-state index contributed by atoms with van der Waals surface area (Å²) in [5.74, 6) is 0.473. The number of hydrogen-bond acceptors (Lipinski definition) is 2. The van der Waals surface area contributed by atoms with Gasteiger partial charge in [-0.15, -0.1) is 24.0 Å². The molecule has 142 valence electrons. The highest BCUT2D eigenvalue weighted by molar-refractivity contribution is 14.0. The molecule has 0 spiro atoms. The van der Waals surface area contributed by atoms with Crippen LogP contribution in [0.25, 0.3) is 0 Å². The minimum atomic E-state index is -2.63. The number of alkyl halides is 2. The average molecular weight is 479 g/mol. The van der Waals surface area contributed by atoms with Gasteiger partial charge in [-0.3, -0.25) is 9.56 Å². The van der Waals surface area contributed by atoms with Gasteiger partial charge < -0.3 is 10.6 Å². The molecule has 1 aromatic heterocycles. The second kappa shape index (κ2) is 8.74. The lowest BCUT2D eigenvalue weighted by Gasteiger charge is -2.19. The number of halogens is 4. The summed E-state index contributed by atoms with van der Waals surface area (Å²) < 4.78 is 39.9. The molecule has 0 aliphatic heterocycles. The highest BCUT2D eigenvalue weighted by Gasteiger charge is 2.44. The van der Waals surface area contributed by atoms with Gasteiger partial charge in [0.2, 0.25) is 0 Å². The molecule has 0 bridgehead atoms. The fraction of sp³-hybridized carbons (Fsp3) is 0.412. The van der Waals surface area contributed by atoms with Crippen molar-refractivity contribution < 1.29 is 13.2 Å². The molecule has 0 radical (unpaired) electrons. The first-order valence-corrected chi connectivity index (χ1v) is 8.04. The number of hydrogen-bond donors (Lipinski definition) is 2. The van der Waals surface area contributed by atoms with Crippen molar-refractivity contribution in [2.45, 2.75) is 31.4 Å². The molecule has 5 nitrogen and oxygen atoms in total. The van der Waals surface area contributed by atoms with E-state index in [0.717, 1.165) is 23.0 Å². The maximum atomic E-state index is 13.4. The molecule has 2 aromatic rings. The molecule has 2 N–H and O–H groups in total. The summed E-state index contributed by atoms with van der Waals surface area (Å²) in [6.07, 6.45) is 4.51. The molecule has 1 fully saturated rings. The smallest absolute Gasteiger partial charge is 0.319 e. The van der Waals surface area contributed by atoms with Gasteiger partial charge in [-0.2, -0.15) is 8.78 Å². The van der Waals surface area contributed by atoms with Crippen LogP contribution in [0.1, 0.15) is 30.8 Å². The fourth-order valence-electron chi connectivity index (χ4n) is 2.83. The Morgan fingerprint density at radius 3 is 2.73 bits per heavy atom. The minimum Gasteiger partial charge on any atom is -0.356 e. The molecule has 0 unspecified atom stereocenters. The molecular weight excluding hydrogens is 458 g/mol. The van der Waals surface area contributed by atoms with E-state index in [-0.39, 0.29) is 47.6 Å². The van der Waals surface area contributed by atoms with Gasteiger partial charge in [0.05, 0.1) is 6.54 Å². The number of imidazole rings is 1. The molecule has 9 heteroatoms. The van der Waals surface area contributed by atoms with E-state index in [2.05, 4.69) is 20.6 Å². The summed E-state index contributed by atoms with van der Waals surface area (Å²) in [6.45, 7) is -1.90. The zero-order chi connectivity index (χ0) is 17.9. The van der Waals surface area contributed by atoms with Crippen LogP contribution in [0, 0.1) is 5.82 Å². The van der Waals surface area contributed by atoms with Crippen molar-refractivity contribution in [3.63, 3.8) is 0 Å². The molecule has 0 amide bonds. The van der Waals surface area contributed by atoms with Crippen LogP contribution in [0.5, 0.6) is 0 Å². The summed E-state index contributed by atoms with van der Waals surface area (Å²) in [6, 6.07) is 6.62. The summed E-state index contributed by atoms with van der Waals surface area (Å²) in [7, 11) is 1.61. The highest BCUT2D eigenvalue weighted by atomic mass is 127. The largest absolute Gasteiger partial charge is 0.356 e. The highest BCUT2D eigenvalue weighted by Crippen LogP contribution is 2.47. The van der Waals surface area contributed by atoms with Crippen molar-refractivity contribution in [3.05, 3.63) is 53.9 Å². The Bertz CT molecular complexity index is 758. The predicted octanol–water partition coefficient (Wildman–Crippen LogP) is 3.43. The molecule has 1 aliphatic carbocycles. The van der Waals surface area contributed by atoms with Crippen molar-refractivity contribution >= 4 is 29.9 Å². The third-order valence-electron chi connectivity index (χ3n) is 4.48. The van der Waals surface area contributed by atoms with Gasteiger partial charge in [-0.1, -0.05) is 12.1 Å². The second-order valence-corrected chi connectivity index (χ2v) is 6.10. The number of nitrogens with zero attached hydrogens (tertiary/aromatic N) is 3. The first-order valence-electron chi connectivity index (χ1n) is 8.04. The van der Waals surface area contributed by atoms with Crippen LogP contribution in [0.2, 0.25) is 0 Å². The van der Waals surface area contributed by atoms with E-state index >= 15 is 0 Å². The van der Waals surface area contributed by atoms with Crippen LogP contribution >= 0.6 is 24.0 Å². The normalized spacial score (nSPS) is 15.5. The molecular formula is C17H21F3IN5. The van der Waals surface area contributed by atoms with E-state index in [1.165, 1.54) is 18.5 Å². The first kappa shape index (κ1) is 20.5. The standard InChI is InChI=1S/C17H20F3N5.HI/c1-21-16(23-10-14-22-7-8-25(14)15(19)20)24-11-17(5-6-17)12-3-2-4-13(18)9-12;/h2-4,7-9,15H,5-6,10-11H2,1H3,(H2,21,23,24);1H. The SMILES string of the molecule is CN=C(NCc1nccn1C(F)F)NCC1(c2cccc(F)c2)CC1.I. The fourth-order valence-corrected chi connectivity index (χ4v) is 2.83. The quantitative estimate of drug-likeness (QED) is 0.380. The first-order chi connectivity index (χ1) is 12.0. The number of nitrogens with one attached hydrogen (secondary N) is 2. The number of rotatable bonds is 6. The maximum Gasteiger partial charge on any atom is 0.319 e. The van der Waals surface area contributed by atoms with E-state index in [1.54, 1.807) is 19.2 Å². The zero-order valence-corrected chi connectivity index (χ0v) is 16.6. The van der Waals surface area contributed by atoms with E-state index in [0.29, 0.717) is 12.5 Å². The van der Waals surface area contributed by atoms with Crippen molar-refractivity contribution in [2.24, 2.45) is 4.99 Å². The van der Waals surface area contributed by atoms with E-state index < -0.39 is 6.55 Å². The van der Waals surface area contributed by atoms with Crippen LogP contribution in [-0.2, 0) is 12.0 Å². The summed E-state index contributed by atoms with van der Waals surface area (Å²) in [5, 5.41) is 6.17. The van der Waals surface area contributed by atoms with Gasteiger partial charge in [-0.25, -0.2) is 9.37 Å². The van der Waals surface area contributed by atoms with Crippen molar-refractivity contribution in [3.8, 4) is 0 Å². The van der Waals surface area contributed by atoms with E-state index in [4.69, 9.17) is 0 Å². The van der Waals surface area contributed by atoms with Crippen molar-refractivity contribution in [2.75, 3.05) is 13.6 Å². The lowest BCUT2D eigenvalue weighted by atomic mass is 9.96. The summed E-state index contributed by atoms with van der Waals surface area (Å²) >= 11 is 0. The van der Waals surface area contributed by atoms with Gasteiger partial charge in [0.15, 0.2) is 5.96 Å². The summed E-state index contributed by atoms with van der Waals surface area (Å²) in [4.78, 5) is 8.02. The molecule has 1 saturated carbocycles. The Labute approximate surface area is 167 Å². The number of benzene rings is 1.